The van der Waals surface area contributed by atoms with Crippen LogP contribution in [0.3, 0.4) is 0 Å². The molecule has 0 heterocycles. The van der Waals surface area contributed by atoms with Crippen molar-refractivity contribution in [3.8, 4) is 0 Å². The molecule has 0 aliphatic heterocycles. The highest BCUT2D eigenvalue weighted by Crippen LogP contribution is 2.07. The third kappa shape index (κ3) is 5.90. The van der Waals surface area contributed by atoms with Crippen LogP contribution < -0.4 is 11.1 Å². The molecular weight excluding hydrogens is 244 g/mol. The van der Waals surface area contributed by atoms with Crippen LogP contribution in [0.5, 0.6) is 0 Å². The molecule has 0 aliphatic carbocycles. The van der Waals surface area contributed by atoms with Gasteiger partial charge in [0.15, 0.2) is 0 Å². The molecule has 3 N–H and O–H groups in total. The van der Waals surface area contributed by atoms with Gasteiger partial charge in [-0.15, -0.1) is 0 Å². The van der Waals surface area contributed by atoms with E-state index < -0.39 is 17.6 Å². The zero-order chi connectivity index (χ0) is 14.5. The van der Waals surface area contributed by atoms with Crippen molar-refractivity contribution in [1.82, 2.24) is 5.32 Å². The minimum atomic E-state index is -0.493. The van der Waals surface area contributed by atoms with Crippen LogP contribution in [0.15, 0.2) is 24.3 Å². The number of ether oxygens (including phenoxy) is 1. The molecule has 0 fully saturated rings. The fourth-order valence-corrected chi connectivity index (χ4v) is 1.46. The molecule has 0 aromatic heterocycles. The minimum Gasteiger partial charge on any atom is -0.444 e. The highest BCUT2D eigenvalue weighted by Gasteiger charge is 2.15. The van der Waals surface area contributed by atoms with Gasteiger partial charge in [-0.1, -0.05) is 12.1 Å². The van der Waals surface area contributed by atoms with Gasteiger partial charge in [-0.2, -0.15) is 0 Å². The lowest BCUT2D eigenvalue weighted by Crippen LogP contribution is -2.33. The van der Waals surface area contributed by atoms with Crippen molar-refractivity contribution in [3.63, 3.8) is 0 Å². The van der Waals surface area contributed by atoms with Crippen molar-refractivity contribution < 1.29 is 14.3 Å². The van der Waals surface area contributed by atoms with Crippen LogP contribution in [-0.4, -0.2) is 24.1 Å². The summed E-state index contributed by atoms with van der Waals surface area (Å²) >= 11 is 0. The van der Waals surface area contributed by atoms with Gasteiger partial charge in [0.25, 0.3) is 0 Å². The van der Waals surface area contributed by atoms with E-state index in [1.807, 2.05) is 32.9 Å². The molecule has 1 aromatic rings. The maximum Gasteiger partial charge on any atom is 0.407 e. The summed E-state index contributed by atoms with van der Waals surface area (Å²) in [5.41, 5.74) is 6.15. The lowest BCUT2D eigenvalue weighted by atomic mass is 10.1. The monoisotopic (exact) mass is 264 g/mol. The van der Waals surface area contributed by atoms with Gasteiger partial charge in [0.05, 0.1) is 0 Å². The van der Waals surface area contributed by atoms with Crippen LogP contribution in [0.2, 0.25) is 0 Å². The van der Waals surface area contributed by atoms with Crippen molar-refractivity contribution in [2.45, 2.75) is 32.8 Å². The molecule has 19 heavy (non-hydrogen) atoms. The maximum atomic E-state index is 11.4. The molecular formula is C14H20N2O3. The quantitative estimate of drug-likeness (QED) is 0.870. The predicted octanol–water partition coefficient (Wildman–Crippen LogP) is 1.85. The smallest absolute Gasteiger partial charge is 0.407 e. The van der Waals surface area contributed by atoms with E-state index in [4.69, 9.17) is 10.5 Å². The van der Waals surface area contributed by atoms with Crippen LogP contribution in [0.1, 0.15) is 36.7 Å². The van der Waals surface area contributed by atoms with E-state index in [9.17, 15) is 9.59 Å². The van der Waals surface area contributed by atoms with Crippen molar-refractivity contribution in [2.75, 3.05) is 6.54 Å². The second-order valence-corrected chi connectivity index (χ2v) is 5.24. The van der Waals surface area contributed by atoms with Crippen molar-refractivity contribution in [3.05, 3.63) is 35.4 Å². The molecule has 5 nitrogen and oxygen atoms in total. The Hall–Kier alpha value is -2.04. The first-order chi connectivity index (χ1) is 8.78. The molecule has 0 spiro atoms. The van der Waals surface area contributed by atoms with Crippen molar-refractivity contribution in [1.29, 1.82) is 0 Å². The minimum absolute atomic E-state index is 0.429. The average molecular weight is 264 g/mol. The summed E-state index contributed by atoms with van der Waals surface area (Å²) in [6, 6.07) is 6.98. The van der Waals surface area contributed by atoms with Gasteiger partial charge in [-0.25, -0.2) is 4.79 Å². The maximum absolute atomic E-state index is 11.4. The van der Waals surface area contributed by atoms with Gasteiger partial charge in [0.2, 0.25) is 5.91 Å². The molecule has 0 aliphatic rings. The van der Waals surface area contributed by atoms with E-state index in [2.05, 4.69) is 5.32 Å². The second kappa shape index (κ2) is 6.22. The van der Waals surface area contributed by atoms with Gasteiger partial charge < -0.3 is 15.8 Å². The average Bonchev–Trinajstić information content (AvgIpc) is 2.27. The number of nitrogens with two attached hydrogens (primary N) is 1. The first-order valence-corrected chi connectivity index (χ1v) is 6.13. The van der Waals surface area contributed by atoms with E-state index in [0.29, 0.717) is 18.5 Å². The highest BCUT2D eigenvalue weighted by molar-refractivity contribution is 5.92. The number of hydrogen-bond donors (Lipinski definition) is 2. The fraction of sp³-hybridized carbons (Fsp3) is 0.429. The summed E-state index contributed by atoms with van der Waals surface area (Å²) in [4.78, 5) is 22.3. The summed E-state index contributed by atoms with van der Waals surface area (Å²) in [5, 5.41) is 2.67. The summed E-state index contributed by atoms with van der Waals surface area (Å²) < 4.78 is 5.11. The number of rotatable bonds is 4. The van der Waals surface area contributed by atoms with E-state index in [1.54, 1.807) is 12.1 Å². The van der Waals surface area contributed by atoms with E-state index in [1.165, 1.54) is 0 Å². The Morgan fingerprint density at radius 3 is 2.26 bits per heavy atom. The molecule has 5 heteroatoms. The number of carbonyl (C=O) groups is 2. The largest absolute Gasteiger partial charge is 0.444 e. The Kier molecular flexibility index (Phi) is 4.92. The number of benzene rings is 1. The molecule has 0 saturated carbocycles. The molecule has 2 amide bonds. The first-order valence-electron chi connectivity index (χ1n) is 6.13. The molecule has 1 rings (SSSR count). The Labute approximate surface area is 113 Å². The summed E-state index contributed by atoms with van der Waals surface area (Å²) in [6.45, 7) is 5.92. The first kappa shape index (κ1) is 15.0. The van der Waals surface area contributed by atoms with Crippen LogP contribution in [0.4, 0.5) is 4.79 Å². The van der Waals surface area contributed by atoms with Crippen molar-refractivity contribution >= 4 is 12.0 Å². The summed E-state index contributed by atoms with van der Waals surface area (Å²) in [7, 11) is 0. The Morgan fingerprint density at radius 2 is 1.79 bits per heavy atom. The predicted molar refractivity (Wildman–Crippen MR) is 72.9 cm³/mol. The summed E-state index contributed by atoms with van der Waals surface area (Å²) in [5.74, 6) is -0.446. The zero-order valence-electron chi connectivity index (χ0n) is 11.5. The standard InChI is InChI=1S/C14H20N2O3/c1-14(2,3)19-13(18)16-9-8-10-4-6-11(7-5-10)12(15)17/h4-7H,8-9H2,1-3H3,(H2,15,17)(H,16,18). The molecule has 0 saturated heterocycles. The number of nitrogens with one attached hydrogen (secondary N) is 1. The summed E-state index contributed by atoms with van der Waals surface area (Å²) in [6.07, 6.45) is 0.236. The SMILES string of the molecule is CC(C)(C)OC(=O)NCCc1ccc(C(N)=O)cc1. The molecule has 0 radical (unpaired) electrons. The van der Waals surface area contributed by atoms with Gasteiger partial charge in [-0.05, 0) is 44.9 Å². The van der Waals surface area contributed by atoms with Gasteiger partial charge in [-0.3, -0.25) is 4.79 Å². The van der Waals surface area contributed by atoms with Crippen molar-refractivity contribution in [2.24, 2.45) is 5.73 Å². The van der Waals surface area contributed by atoms with Crippen LogP contribution in [0.25, 0.3) is 0 Å². The van der Waals surface area contributed by atoms with E-state index in [-0.39, 0.29) is 0 Å². The third-order valence-electron chi connectivity index (χ3n) is 2.32. The zero-order valence-corrected chi connectivity index (χ0v) is 11.5. The van der Waals surface area contributed by atoms with E-state index >= 15 is 0 Å². The van der Waals surface area contributed by atoms with E-state index in [0.717, 1.165) is 5.56 Å². The number of primary amides is 1. The number of alkyl carbamates (subject to hydrolysis) is 1. The normalized spacial score (nSPS) is 10.9. The number of amides is 2. The highest BCUT2D eigenvalue weighted by atomic mass is 16.6. The Morgan fingerprint density at radius 1 is 1.21 bits per heavy atom. The number of hydrogen-bond acceptors (Lipinski definition) is 3. The molecule has 0 bridgehead atoms. The molecule has 104 valence electrons. The van der Waals surface area contributed by atoms with Crippen LogP contribution in [-0.2, 0) is 11.2 Å². The molecule has 0 unspecified atom stereocenters. The molecule has 0 atom stereocenters. The lowest BCUT2D eigenvalue weighted by Gasteiger charge is -2.19. The molecule has 1 aromatic carbocycles. The van der Waals surface area contributed by atoms with Crippen LogP contribution >= 0.6 is 0 Å². The Bertz CT molecular complexity index is 447. The lowest BCUT2D eigenvalue weighted by molar-refractivity contribution is 0.0528. The number of carbonyl (C=O) groups excluding carboxylic acids is 2. The van der Waals surface area contributed by atoms with Crippen LogP contribution in [0, 0.1) is 0 Å². The van der Waals surface area contributed by atoms with Gasteiger partial charge in [0, 0.05) is 12.1 Å². The van der Waals surface area contributed by atoms with Gasteiger partial charge in [0.1, 0.15) is 5.60 Å². The topological polar surface area (TPSA) is 81.4 Å². The third-order valence-corrected chi connectivity index (χ3v) is 2.32. The van der Waals surface area contributed by atoms with Gasteiger partial charge >= 0.3 is 6.09 Å². The fourth-order valence-electron chi connectivity index (χ4n) is 1.46. The Balaban J connectivity index is 2.37. The second-order valence-electron chi connectivity index (χ2n) is 5.24.